The molecule has 1 fully saturated rings. The zero-order valence-corrected chi connectivity index (χ0v) is 10.2. The molecule has 0 spiro atoms. The van der Waals surface area contributed by atoms with Gasteiger partial charge in [-0.15, -0.1) is 0 Å². The summed E-state index contributed by atoms with van der Waals surface area (Å²) in [5.41, 5.74) is 1.89. The molecule has 0 aromatic heterocycles. The molecule has 86 valence electrons. The molecular formula is C14H19NO. The minimum Gasteiger partial charge on any atom is -0.339 e. The first-order valence-corrected chi connectivity index (χ1v) is 5.94. The van der Waals surface area contributed by atoms with Gasteiger partial charge in [0.1, 0.15) is 0 Å². The van der Waals surface area contributed by atoms with E-state index in [1.165, 1.54) is 12.8 Å². The first kappa shape index (κ1) is 11.2. The van der Waals surface area contributed by atoms with Crippen LogP contribution in [0.2, 0.25) is 0 Å². The van der Waals surface area contributed by atoms with Gasteiger partial charge in [-0.2, -0.15) is 0 Å². The number of amides is 1. The Morgan fingerprint density at radius 1 is 1.38 bits per heavy atom. The van der Waals surface area contributed by atoms with Crippen LogP contribution in [0.4, 0.5) is 0 Å². The normalized spacial score (nSPS) is 16.9. The molecule has 1 aromatic carbocycles. The van der Waals surface area contributed by atoms with E-state index >= 15 is 0 Å². The molecule has 1 aliphatic carbocycles. The van der Waals surface area contributed by atoms with E-state index in [1.54, 1.807) is 0 Å². The predicted octanol–water partition coefficient (Wildman–Crippen LogP) is 2.87. The molecule has 0 aliphatic heterocycles. The van der Waals surface area contributed by atoms with Gasteiger partial charge in [-0.05, 0) is 44.2 Å². The van der Waals surface area contributed by atoms with Crippen molar-refractivity contribution in [2.24, 2.45) is 5.92 Å². The molecule has 16 heavy (non-hydrogen) atoms. The van der Waals surface area contributed by atoms with E-state index in [9.17, 15) is 4.79 Å². The lowest BCUT2D eigenvalue weighted by atomic mass is 10.1. The maximum absolute atomic E-state index is 12.3. The Morgan fingerprint density at radius 3 is 2.56 bits per heavy atom. The van der Waals surface area contributed by atoms with Crippen molar-refractivity contribution in [3.8, 4) is 0 Å². The Hall–Kier alpha value is -1.31. The average Bonchev–Trinajstić information content (AvgIpc) is 3.11. The first-order chi connectivity index (χ1) is 7.61. The van der Waals surface area contributed by atoms with Crippen molar-refractivity contribution < 1.29 is 4.79 Å². The number of rotatable bonds is 3. The van der Waals surface area contributed by atoms with Crippen LogP contribution in [0.5, 0.6) is 0 Å². The van der Waals surface area contributed by atoms with E-state index in [2.05, 4.69) is 6.92 Å². The molecule has 1 aliphatic rings. The maximum Gasteiger partial charge on any atom is 0.254 e. The standard InChI is InChI=1S/C14H19NO/c1-10-6-4-5-7-13(10)14(16)15(3)11(2)12-8-9-12/h4-7,11-12H,8-9H2,1-3H3. The van der Waals surface area contributed by atoms with Gasteiger partial charge in [0.2, 0.25) is 0 Å². The van der Waals surface area contributed by atoms with Gasteiger partial charge in [0, 0.05) is 18.7 Å². The molecule has 0 N–H and O–H groups in total. The van der Waals surface area contributed by atoms with Crippen LogP contribution in [-0.4, -0.2) is 23.9 Å². The van der Waals surface area contributed by atoms with Gasteiger partial charge in [0.25, 0.3) is 5.91 Å². The molecule has 1 saturated carbocycles. The number of carbonyl (C=O) groups is 1. The van der Waals surface area contributed by atoms with E-state index in [0.29, 0.717) is 6.04 Å². The fraction of sp³-hybridized carbons (Fsp3) is 0.500. The largest absolute Gasteiger partial charge is 0.339 e. The van der Waals surface area contributed by atoms with E-state index in [1.807, 2.05) is 43.1 Å². The second kappa shape index (κ2) is 4.28. The molecule has 1 aromatic rings. The number of carbonyl (C=O) groups excluding carboxylic acids is 1. The highest BCUT2D eigenvalue weighted by Gasteiger charge is 2.32. The summed E-state index contributed by atoms with van der Waals surface area (Å²) in [5, 5.41) is 0. The number of hydrogen-bond acceptors (Lipinski definition) is 1. The molecule has 2 rings (SSSR count). The highest BCUT2D eigenvalue weighted by molar-refractivity contribution is 5.95. The molecule has 1 amide bonds. The van der Waals surface area contributed by atoms with E-state index in [4.69, 9.17) is 0 Å². The average molecular weight is 217 g/mol. The van der Waals surface area contributed by atoms with Crippen molar-refractivity contribution in [1.82, 2.24) is 4.90 Å². The molecule has 1 atom stereocenters. The lowest BCUT2D eigenvalue weighted by Crippen LogP contribution is -2.36. The van der Waals surface area contributed by atoms with Crippen molar-refractivity contribution in [2.45, 2.75) is 32.7 Å². The maximum atomic E-state index is 12.3. The van der Waals surface area contributed by atoms with Crippen molar-refractivity contribution in [3.63, 3.8) is 0 Å². The summed E-state index contributed by atoms with van der Waals surface area (Å²) in [5.74, 6) is 0.871. The van der Waals surface area contributed by atoms with Gasteiger partial charge in [0.05, 0.1) is 0 Å². The molecule has 2 heteroatoms. The van der Waals surface area contributed by atoms with E-state index < -0.39 is 0 Å². The molecule has 0 saturated heterocycles. The quantitative estimate of drug-likeness (QED) is 0.762. The lowest BCUT2D eigenvalue weighted by molar-refractivity contribution is 0.0726. The smallest absolute Gasteiger partial charge is 0.254 e. The van der Waals surface area contributed by atoms with Crippen LogP contribution in [0, 0.1) is 12.8 Å². The molecule has 0 radical (unpaired) electrons. The minimum atomic E-state index is 0.150. The van der Waals surface area contributed by atoms with Crippen LogP contribution in [-0.2, 0) is 0 Å². The molecule has 1 unspecified atom stereocenters. The van der Waals surface area contributed by atoms with Gasteiger partial charge in [-0.3, -0.25) is 4.79 Å². The third-order valence-corrected chi connectivity index (χ3v) is 3.61. The topological polar surface area (TPSA) is 20.3 Å². The Kier molecular flexibility index (Phi) is 2.99. The molecular weight excluding hydrogens is 198 g/mol. The number of nitrogens with zero attached hydrogens (tertiary/aromatic N) is 1. The minimum absolute atomic E-state index is 0.150. The second-order valence-electron chi connectivity index (χ2n) is 4.81. The van der Waals surface area contributed by atoms with Gasteiger partial charge in [-0.1, -0.05) is 18.2 Å². The highest BCUT2D eigenvalue weighted by atomic mass is 16.2. The van der Waals surface area contributed by atoms with Gasteiger partial charge >= 0.3 is 0 Å². The first-order valence-electron chi connectivity index (χ1n) is 5.94. The zero-order chi connectivity index (χ0) is 11.7. The Balaban J connectivity index is 2.15. The monoisotopic (exact) mass is 217 g/mol. The molecule has 0 heterocycles. The van der Waals surface area contributed by atoms with Gasteiger partial charge < -0.3 is 4.90 Å². The highest BCUT2D eigenvalue weighted by Crippen LogP contribution is 2.35. The Morgan fingerprint density at radius 2 is 2.00 bits per heavy atom. The summed E-state index contributed by atoms with van der Waals surface area (Å²) >= 11 is 0. The van der Waals surface area contributed by atoms with Crippen molar-refractivity contribution in [2.75, 3.05) is 7.05 Å². The summed E-state index contributed by atoms with van der Waals surface area (Å²) in [7, 11) is 1.91. The summed E-state index contributed by atoms with van der Waals surface area (Å²) < 4.78 is 0. The lowest BCUT2D eigenvalue weighted by Gasteiger charge is -2.25. The summed E-state index contributed by atoms with van der Waals surface area (Å²) in [6, 6.07) is 8.16. The second-order valence-corrected chi connectivity index (χ2v) is 4.81. The van der Waals surface area contributed by atoms with Crippen LogP contribution in [0.25, 0.3) is 0 Å². The molecule has 2 nitrogen and oxygen atoms in total. The fourth-order valence-corrected chi connectivity index (χ4v) is 2.08. The zero-order valence-electron chi connectivity index (χ0n) is 10.2. The van der Waals surface area contributed by atoms with Crippen molar-refractivity contribution >= 4 is 5.91 Å². The van der Waals surface area contributed by atoms with Crippen molar-refractivity contribution in [3.05, 3.63) is 35.4 Å². The van der Waals surface area contributed by atoms with E-state index in [-0.39, 0.29) is 5.91 Å². The fourth-order valence-electron chi connectivity index (χ4n) is 2.08. The van der Waals surface area contributed by atoms with Crippen LogP contribution < -0.4 is 0 Å². The van der Waals surface area contributed by atoms with Crippen LogP contribution >= 0.6 is 0 Å². The van der Waals surface area contributed by atoms with Crippen LogP contribution in [0.15, 0.2) is 24.3 Å². The summed E-state index contributed by atoms with van der Waals surface area (Å²) in [4.78, 5) is 14.2. The summed E-state index contributed by atoms with van der Waals surface area (Å²) in [6.45, 7) is 4.14. The number of hydrogen-bond donors (Lipinski definition) is 0. The third kappa shape index (κ3) is 2.11. The predicted molar refractivity (Wildman–Crippen MR) is 65.5 cm³/mol. The molecule has 0 bridgehead atoms. The summed E-state index contributed by atoms with van der Waals surface area (Å²) in [6.07, 6.45) is 2.54. The number of aryl methyl sites for hydroxylation is 1. The van der Waals surface area contributed by atoms with Crippen LogP contribution in [0.3, 0.4) is 0 Å². The van der Waals surface area contributed by atoms with Crippen molar-refractivity contribution in [1.29, 1.82) is 0 Å². The van der Waals surface area contributed by atoms with Crippen LogP contribution in [0.1, 0.15) is 35.7 Å². The van der Waals surface area contributed by atoms with Gasteiger partial charge in [-0.25, -0.2) is 0 Å². The van der Waals surface area contributed by atoms with E-state index in [0.717, 1.165) is 17.0 Å². The Bertz CT molecular complexity index is 395. The number of benzene rings is 1. The SMILES string of the molecule is Cc1ccccc1C(=O)N(C)C(C)C1CC1. The van der Waals surface area contributed by atoms with Gasteiger partial charge in [0.15, 0.2) is 0 Å². The Labute approximate surface area is 97.3 Å². The third-order valence-electron chi connectivity index (χ3n) is 3.61.